The summed E-state index contributed by atoms with van der Waals surface area (Å²) in [5.74, 6) is 2.77. The Kier molecular flexibility index (Phi) is 9.21. The van der Waals surface area contributed by atoms with Gasteiger partial charge in [0.05, 0.1) is 0 Å². The molecule has 134 valence electrons. The van der Waals surface area contributed by atoms with Gasteiger partial charge in [0, 0.05) is 0 Å². The van der Waals surface area contributed by atoms with Gasteiger partial charge in [-0.05, 0) is 47.0 Å². The van der Waals surface area contributed by atoms with E-state index in [0.29, 0.717) is 0 Å². The van der Waals surface area contributed by atoms with Crippen molar-refractivity contribution in [2.24, 2.45) is 5.92 Å². The van der Waals surface area contributed by atoms with E-state index in [-0.39, 0.29) is 0 Å². The lowest BCUT2D eigenvalue weighted by Crippen LogP contribution is -2.05. The molecular weight excluding hydrogens is 308 g/mol. The Morgan fingerprint density at radius 1 is 0.792 bits per heavy atom. The molecule has 1 heteroatoms. The summed E-state index contributed by atoms with van der Waals surface area (Å²) in [6.07, 6.45) is 7.31. The van der Waals surface area contributed by atoms with Crippen LogP contribution < -0.4 is 0 Å². The normalized spacial score (nSPS) is 13.1. The van der Waals surface area contributed by atoms with Crippen molar-refractivity contribution in [3.05, 3.63) is 66.2 Å². The molecule has 0 N–H and O–H groups in total. The molecule has 0 bridgehead atoms. The van der Waals surface area contributed by atoms with Gasteiger partial charge in [-0.15, -0.1) is 0 Å². The summed E-state index contributed by atoms with van der Waals surface area (Å²) in [5, 5.41) is 0. The molecule has 0 heterocycles. The highest BCUT2D eigenvalue weighted by Crippen LogP contribution is 2.48. The molecular formula is C23H36S. The molecule has 0 aliphatic rings. The van der Waals surface area contributed by atoms with Gasteiger partial charge in [-0.25, -0.2) is 10.0 Å². The van der Waals surface area contributed by atoms with Gasteiger partial charge >= 0.3 is 0 Å². The third kappa shape index (κ3) is 6.73. The minimum Gasteiger partial charge on any atom is -0.221 e. The van der Waals surface area contributed by atoms with Crippen molar-refractivity contribution in [2.75, 3.05) is 18.3 Å². The summed E-state index contributed by atoms with van der Waals surface area (Å²) in [7, 11) is -0.498. The van der Waals surface area contributed by atoms with Crippen molar-refractivity contribution in [2.45, 2.75) is 51.3 Å². The molecule has 2 aromatic carbocycles. The first kappa shape index (κ1) is 20.8. The van der Waals surface area contributed by atoms with Crippen molar-refractivity contribution in [3.8, 4) is 0 Å². The minimum atomic E-state index is -0.498. The van der Waals surface area contributed by atoms with Gasteiger partial charge in [0.2, 0.25) is 0 Å². The molecule has 0 saturated carbocycles. The van der Waals surface area contributed by atoms with Crippen LogP contribution in [0.1, 0.15) is 52.0 Å². The highest BCUT2D eigenvalue weighted by molar-refractivity contribution is 8.32. The van der Waals surface area contributed by atoms with E-state index >= 15 is 0 Å². The van der Waals surface area contributed by atoms with E-state index in [1.165, 1.54) is 29.1 Å². The predicted octanol–water partition coefficient (Wildman–Crippen LogP) is 7.36. The van der Waals surface area contributed by atoms with Crippen LogP contribution in [0.15, 0.2) is 65.6 Å². The fourth-order valence-electron chi connectivity index (χ4n) is 2.85. The molecule has 0 fully saturated rings. The van der Waals surface area contributed by atoms with Crippen molar-refractivity contribution in [1.29, 1.82) is 0 Å². The summed E-state index contributed by atoms with van der Waals surface area (Å²) in [6, 6.07) is 21.7. The second kappa shape index (κ2) is 10.6. The zero-order valence-electron chi connectivity index (χ0n) is 16.5. The number of hydrogen-bond acceptors (Lipinski definition) is 0. The number of hydrogen-bond donors (Lipinski definition) is 0. The lowest BCUT2D eigenvalue weighted by molar-refractivity contribution is 0.463. The first-order valence-electron chi connectivity index (χ1n) is 9.23. The first-order chi connectivity index (χ1) is 11.4. The number of benzene rings is 2. The lowest BCUT2D eigenvalue weighted by Gasteiger charge is -2.29. The SMILES string of the molecule is CCCC(c1ccccc1)C(C)C.CCS(C)(C)c1ccccc1. The van der Waals surface area contributed by atoms with E-state index in [1.54, 1.807) is 0 Å². The predicted molar refractivity (Wildman–Crippen MR) is 114 cm³/mol. The molecule has 0 radical (unpaired) electrons. The average molecular weight is 345 g/mol. The summed E-state index contributed by atoms with van der Waals surface area (Å²) in [5.41, 5.74) is 1.50. The molecule has 0 aromatic heterocycles. The largest absolute Gasteiger partial charge is 0.221 e. The van der Waals surface area contributed by atoms with Gasteiger partial charge in [-0.3, -0.25) is 0 Å². The Hall–Kier alpha value is -1.21. The number of rotatable bonds is 6. The standard InChI is InChI=1S/C13H20.C10H16S/c1-4-8-13(11(2)3)12-9-6-5-7-10-12;1-4-11(2,3)10-8-6-5-7-9-10/h5-7,9-11,13H,4,8H2,1-3H3;5-9H,4H2,1-3H3. The zero-order valence-corrected chi connectivity index (χ0v) is 17.3. The zero-order chi connectivity index (χ0) is 18.0. The molecule has 0 aliphatic carbocycles. The molecule has 0 spiro atoms. The van der Waals surface area contributed by atoms with Gasteiger partial charge < -0.3 is 0 Å². The summed E-state index contributed by atoms with van der Waals surface area (Å²) in [6.45, 7) is 9.15. The monoisotopic (exact) mass is 344 g/mol. The van der Waals surface area contributed by atoms with E-state index in [4.69, 9.17) is 0 Å². The van der Waals surface area contributed by atoms with Gasteiger partial charge in [-0.2, -0.15) is 0 Å². The van der Waals surface area contributed by atoms with Crippen LogP contribution in [0.2, 0.25) is 0 Å². The van der Waals surface area contributed by atoms with Gasteiger partial charge in [-0.1, -0.05) is 94.8 Å². The Labute approximate surface area is 152 Å². The van der Waals surface area contributed by atoms with E-state index in [2.05, 4.69) is 101 Å². The quantitative estimate of drug-likeness (QED) is 0.513. The summed E-state index contributed by atoms with van der Waals surface area (Å²) >= 11 is 0. The fraction of sp³-hybridized carbons (Fsp3) is 0.478. The van der Waals surface area contributed by atoms with Crippen LogP contribution in [0.25, 0.3) is 0 Å². The van der Waals surface area contributed by atoms with Gasteiger partial charge in [0.15, 0.2) is 0 Å². The molecule has 0 saturated heterocycles. The Morgan fingerprint density at radius 2 is 1.29 bits per heavy atom. The van der Waals surface area contributed by atoms with E-state index in [1.807, 2.05) is 0 Å². The Morgan fingerprint density at radius 3 is 1.71 bits per heavy atom. The van der Waals surface area contributed by atoms with Crippen LogP contribution in [0.3, 0.4) is 0 Å². The smallest absolute Gasteiger partial charge is 0.0104 e. The van der Waals surface area contributed by atoms with Crippen molar-refractivity contribution >= 4 is 10.0 Å². The van der Waals surface area contributed by atoms with E-state index in [9.17, 15) is 0 Å². The molecule has 24 heavy (non-hydrogen) atoms. The highest BCUT2D eigenvalue weighted by atomic mass is 32.3. The van der Waals surface area contributed by atoms with E-state index in [0.717, 1.165) is 11.8 Å². The average Bonchev–Trinajstić information content (AvgIpc) is 2.61. The minimum absolute atomic E-state index is 0.498. The summed E-state index contributed by atoms with van der Waals surface area (Å²) < 4.78 is 0. The molecule has 1 atom stereocenters. The molecule has 2 aromatic rings. The second-order valence-corrected chi connectivity index (χ2v) is 11.3. The second-order valence-electron chi connectivity index (χ2n) is 7.19. The highest BCUT2D eigenvalue weighted by Gasteiger charge is 2.13. The fourth-order valence-corrected chi connectivity index (χ4v) is 4.08. The van der Waals surface area contributed by atoms with Crippen LogP contribution in [0, 0.1) is 5.92 Å². The van der Waals surface area contributed by atoms with Crippen LogP contribution in [0.5, 0.6) is 0 Å². The van der Waals surface area contributed by atoms with Crippen LogP contribution in [0.4, 0.5) is 0 Å². The molecule has 0 amide bonds. The summed E-state index contributed by atoms with van der Waals surface area (Å²) in [4.78, 5) is 1.52. The topological polar surface area (TPSA) is 0 Å². The lowest BCUT2D eigenvalue weighted by atomic mass is 9.85. The maximum absolute atomic E-state index is 2.36. The van der Waals surface area contributed by atoms with Crippen LogP contribution in [-0.2, 0) is 0 Å². The molecule has 1 unspecified atom stereocenters. The van der Waals surface area contributed by atoms with Gasteiger partial charge in [0.1, 0.15) is 0 Å². The Balaban J connectivity index is 0.000000243. The van der Waals surface area contributed by atoms with Crippen LogP contribution >= 0.6 is 10.0 Å². The van der Waals surface area contributed by atoms with Crippen molar-refractivity contribution in [3.63, 3.8) is 0 Å². The molecule has 0 aliphatic heterocycles. The van der Waals surface area contributed by atoms with Crippen molar-refractivity contribution in [1.82, 2.24) is 0 Å². The van der Waals surface area contributed by atoms with E-state index < -0.39 is 10.0 Å². The maximum atomic E-state index is 2.36. The third-order valence-electron chi connectivity index (χ3n) is 4.74. The first-order valence-corrected chi connectivity index (χ1v) is 11.8. The molecule has 0 nitrogen and oxygen atoms in total. The van der Waals surface area contributed by atoms with Crippen LogP contribution in [-0.4, -0.2) is 18.3 Å². The van der Waals surface area contributed by atoms with Crippen molar-refractivity contribution < 1.29 is 0 Å². The van der Waals surface area contributed by atoms with Gasteiger partial charge in [0.25, 0.3) is 0 Å². The maximum Gasteiger partial charge on any atom is -0.0104 e. The molecule has 2 rings (SSSR count). The third-order valence-corrected chi connectivity index (χ3v) is 7.73. The Bertz CT molecular complexity index is 543.